The quantitative estimate of drug-likeness (QED) is 0.283. The van der Waals surface area contributed by atoms with Gasteiger partial charge in [-0.15, -0.1) is 0 Å². The lowest BCUT2D eigenvalue weighted by Crippen LogP contribution is -2.73. The molecule has 0 aromatic heterocycles. The van der Waals surface area contributed by atoms with Gasteiger partial charge in [-0.1, -0.05) is 4.65 Å². The van der Waals surface area contributed by atoms with Crippen molar-refractivity contribution in [2.75, 3.05) is 13.7 Å². The van der Waals surface area contributed by atoms with E-state index in [4.69, 9.17) is 9.84 Å². The summed E-state index contributed by atoms with van der Waals surface area (Å²) in [5.41, 5.74) is 0. The minimum absolute atomic E-state index is 0.0517. The summed E-state index contributed by atoms with van der Waals surface area (Å²) in [5.74, 6) is 0. The van der Waals surface area contributed by atoms with Crippen molar-refractivity contribution in [1.29, 1.82) is 0 Å². The second-order valence-electron chi connectivity index (χ2n) is 4.63. The molecule has 5 N–H and O–H groups in total. The van der Waals surface area contributed by atoms with Gasteiger partial charge in [0.15, 0.2) is 0 Å². The summed E-state index contributed by atoms with van der Waals surface area (Å²) in [6.07, 6.45) is -4.87. The highest BCUT2D eigenvalue weighted by atomic mass is 16.6. The van der Waals surface area contributed by atoms with Crippen LogP contribution < -0.4 is 5.32 Å². The second kappa shape index (κ2) is 4.67. The molecule has 2 fully saturated rings. The largest absolute Gasteiger partial charge is 0.460 e. The Morgan fingerprint density at radius 3 is 2.63 bits per heavy atom. The van der Waals surface area contributed by atoms with Crippen molar-refractivity contribution in [3.63, 3.8) is 0 Å². The van der Waals surface area contributed by atoms with Crippen molar-refractivity contribution in [1.82, 2.24) is 10.2 Å². The van der Waals surface area contributed by atoms with Crippen LogP contribution in [0.5, 0.6) is 0 Å². The minimum Gasteiger partial charge on any atom is -0.394 e. The fourth-order valence-corrected chi connectivity index (χ4v) is 2.05. The Bertz CT molecular complexity index is 401. The van der Waals surface area contributed by atoms with Crippen LogP contribution in [0.3, 0.4) is 0 Å². The van der Waals surface area contributed by atoms with Crippen LogP contribution in [-0.4, -0.2) is 80.6 Å². The Hall–Kier alpha value is -1.30. The summed E-state index contributed by atoms with van der Waals surface area (Å²) in [5, 5.41) is 40.0. The fraction of sp³-hybridized carbons (Fsp3) is 0.778. The smallest absolute Gasteiger partial charge is 0.394 e. The molecule has 108 valence electrons. The zero-order valence-electron chi connectivity index (χ0n) is 10.1. The van der Waals surface area contributed by atoms with Crippen molar-refractivity contribution in [3.05, 3.63) is 0 Å². The predicted octanol–water partition coefficient (Wildman–Crippen LogP) is -2.29. The number of hydrogen-bond donors (Lipinski definition) is 5. The maximum absolute atomic E-state index is 11.7. The molecular weight excluding hydrogens is 262 g/mol. The van der Waals surface area contributed by atoms with Gasteiger partial charge in [0.05, 0.1) is 12.7 Å². The number of nitrogens with one attached hydrogen (secondary N) is 1. The van der Waals surface area contributed by atoms with Gasteiger partial charge in [-0.2, -0.15) is 0 Å². The Labute approximate surface area is 107 Å². The molecule has 0 radical (unpaired) electrons. The van der Waals surface area contributed by atoms with Crippen molar-refractivity contribution in [2.45, 2.75) is 31.2 Å². The van der Waals surface area contributed by atoms with E-state index in [1.54, 1.807) is 0 Å². The summed E-state index contributed by atoms with van der Waals surface area (Å²) < 4.78 is 3.72. The highest BCUT2D eigenvalue weighted by Gasteiger charge is 2.55. The van der Waals surface area contributed by atoms with Gasteiger partial charge in [-0.05, 0) is 0 Å². The maximum Gasteiger partial charge on any atom is 0.460 e. The molecule has 2 aliphatic rings. The van der Waals surface area contributed by atoms with Crippen LogP contribution in [0.15, 0.2) is 0 Å². The Kier molecular flexibility index (Phi) is 3.47. The zero-order valence-corrected chi connectivity index (χ0v) is 10.1. The molecule has 5 atom stereocenters. The first-order valence-corrected chi connectivity index (χ1v) is 5.64. The number of ether oxygens (including phenoxy) is 1. The van der Waals surface area contributed by atoms with Gasteiger partial charge < -0.3 is 20.1 Å². The predicted molar refractivity (Wildman–Crippen MR) is 56.1 cm³/mol. The van der Waals surface area contributed by atoms with Crippen LogP contribution in [0.4, 0.5) is 9.59 Å². The number of aliphatic hydroxyl groups excluding tert-OH is 3. The third-order valence-electron chi connectivity index (χ3n) is 3.25. The molecule has 2 heterocycles. The summed E-state index contributed by atoms with van der Waals surface area (Å²) >= 11 is 0. The third kappa shape index (κ3) is 2.18. The number of urea groups is 2. The summed E-state index contributed by atoms with van der Waals surface area (Å²) in [6.45, 7) is -0.451. The topological polar surface area (TPSA) is 140 Å². The first kappa shape index (κ1) is 14.1. The van der Waals surface area contributed by atoms with Gasteiger partial charge in [0, 0.05) is 6.42 Å². The van der Waals surface area contributed by atoms with Crippen LogP contribution >= 0.6 is 0 Å². The van der Waals surface area contributed by atoms with Crippen LogP contribution in [0.25, 0.3) is 0 Å². The molecular formula is C9H16N3O7+. The number of nitrogens with zero attached hydrogens (tertiary/aromatic N) is 2. The summed E-state index contributed by atoms with van der Waals surface area (Å²) in [6, 6.07) is -2.02. The van der Waals surface area contributed by atoms with E-state index in [-0.39, 0.29) is 6.42 Å². The molecule has 2 saturated heterocycles. The number of amides is 4. The van der Waals surface area contributed by atoms with Crippen molar-refractivity contribution >= 4 is 12.1 Å². The van der Waals surface area contributed by atoms with E-state index in [0.717, 1.165) is 7.05 Å². The van der Waals surface area contributed by atoms with E-state index in [9.17, 15) is 25.0 Å². The average molecular weight is 278 g/mol. The van der Waals surface area contributed by atoms with E-state index in [0.29, 0.717) is 4.90 Å². The molecule has 2 rings (SSSR count). The van der Waals surface area contributed by atoms with Crippen molar-refractivity contribution in [2.24, 2.45) is 0 Å². The van der Waals surface area contributed by atoms with Crippen molar-refractivity contribution in [3.8, 4) is 0 Å². The van der Waals surface area contributed by atoms with Crippen LogP contribution in [0, 0.1) is 0 Å². The third-order valence-corrected chi connectivity index (χ3v) is 3.25. The zero-order chi connectivity index (χ0) is 14.4. The average Bonchev–Trinajstić information content (AvgIpc) is 2.68. The van der Waals surface area contributed by atoms with Gasteiger partial charge in [0.1, 0.15) is 19.4 Å². The van der Waals surface area contributed by atoms with Crippen LogP contribution in [0.2, 0.25) is 0 Å². The molecule has 0 aromatic carbocycles. The highest BCUT2D eigenvalue weighted by Crippen LogP contribution is 2.28. The summed E-state index contributed by atoms with van der Waals surface area (Å²) in [4.78, 5) is 23.7. The van der Waals surface area contributed by atoms with Crippen LogP contribution in [0.1, 0.15) is 6.42 Å². The van der Waals surface area contributed by atoms with E-state index < -0.39 is 48.1 Å². The SMILES string of the molecule is C[N+]1(O)C(=O)NC(=O)N([C@H]2C[C@H](O)[C@@H](CO)O2)C1O. The molecule has 0 bridgehead atoms. The number of rotatable bonds is 2. The number of hydrogen-bond acceptors (Lipinski definition) is 7. The Balaban J connectivity index is 2.20. The molecule has 0 saturated carbocycles. The lowest BCUT2D eigenvalue weighted by molar-refractivity contribution is -1.07. The second-order valence-corrected chi connectivity index (χ2v) is 4.63. The minimum atomic E-state index is -1.86. The lowest BCUT2D eigenvalue weighted by Gasteiger charge is -2.40. The van der Waals surface area contributed by atoms with Gasteiger partial charge in [0.2, 0.25) is 0 Å². The fourth-order valence-electron chi connectivity index (χ4n) is 2.05. The van der Waals surface area contributed by atoms with E-state index >= 15 is 0 Å². The molecule has 19 heavy (non-hydrogen) atoms. The molecule has 0 aliphatic carbocycles. The van der Waals surface area contributed by atoms with Gasteiger partial charge in [-0.3, -0.25) is 0 Å². The highest BCUT2D eigenvalue weighted by molar-refractivity contribution is 5.92. The number of carbonyl (C=O) groups excluding carboxylic acids is 2. The number of imide groups is 1. The van der Waals surface area contributed by atoms with Crippen LogP contribution in [-0.2, 0) is 4.74 Å². The Morgan fingerprint density at radius 1 is 1.47 bits per heavy atom. The van der Waals surface area contributed by atoms with E-state index in [2.05, 4.69) is 0 Å². The van der Waals surface area contributed by atoms with Crippen molar-refractivity contribution < 1.29 is 39.5 Å². The monoisotopic (exact) mass is 278 g/mol. The molecule has 2 unspecified atom stereocenters. The first-order chi connectivity index (χ1) is 8.78. The molecule has 2 aliphatic heterocycles. The lowest BCUT2D eigenvalue weighted by atomic mass is 10.2. The number of aliphatic hydroxyl groups is 3. The maximum atomic E-state index is 11.7. The molecule has 10 heteroatoms. The number of hydroxylamine groups is 3. The van der Waals surface area contributed by atoms with Gasteiger partial charge >= 0.3 is 18.4 Å². The number of carbonyl (C=O) groups is 2. The normalized spacial score (nSPS) is 43.5. The Morgan fingerprint density at radius 2 is 2.11 bits per heavy atom. The summed E-state index contributed by atoms with van der Waals surface area (Å²) in [7, 11) is 0.994. The molecule has 0 aromatic rings. The van der Waals surface area contributed by atoms with Gasteiger partial charge in [0.25, 0.3) is 0 Å². The van der Waals surface area contributed by atoms with Gasteiger partial charge in [-0.25, -0.2) is 25.0 Å². The van der Waals surface area contributed by atoms with E-state index in [1.807, 2.05) is 5.32 Å². The standard InChI is InChI=1S/C9H15N3O7/c1-12(18)8(16)10-7(15)11(9(12)17)6-2-4(14)5(3-13)19-6/h4-6,9,13-14,17-18H,2-3H2,1H3/p+1/t4-,5+,6+,9?,12?/m0/s1. The molecule has 4 amide bonds. The first-order valence-electron chi connectivity index (χ1n) is 5.64. The van der Waals surface area contributed by atoms with E-state index in [1.165, 1.54) is 0 Å². The molecule has 0 spiro atoms. The number of quaternary nitrogens is 1. The molecule has 10 nitrogen and oxygen atoms in total.